The van der Waals surface area contributed by atoms with E-state index in [-0.39, 0.29) is 22.5 Å². The van der Waals surface area contributed by atoms with E-state index >= 15 is 0 Å². The summed E-state index contributed by atoms with van der Waals surface area (Å²) in [5.74, 6) is 0. The fourth-order valence-corrected chi connectivity index (χ4v) is 2.51. The molecule has 0 bridgehead atoms. The van der Waals surface area contributed by atoms with Crippen molar-refractivity contribution in [3.63, 3.8) is 0 Å². The average molecular weight is 354 g/mol. The number of rotatable bonds is 6. The third-order valence-electron chi connectivity index (χ3n) is 3.06. The summed E-state index contributed by atoms with van der Waals surface area (Å²) in [6, 6.07) is 9.82. The van der Waals surface area contributed by atoms with Crippen LogP contribution in [0.4, 0.5) is 11.4 Å². The van der Waals surface area contributed by atoms with Gasteiger partial charge in [0.05, 0.1) is 9.85 Å². The lowest BCUT2D eigenvalue weighted by atomic mass is 10.0. The Bertz CT molecular complexity index is 742. The molecule has 0 aliphatic carbocycles. The number of non-ortho nitro benzene ring substituents is 2. The predicted molar refractivity (Wildman–Crippen MR) is 81.2 cm³/mol. The molecule has 11 heteroatoms. The minimum Gasteiger partial charge on any atom is -0.303 e. The van der Waals surface area contributed by atoms with Gasteiger partial charge in [-0.05, 0) is 35.4 Å². The summed E-state index contributed by atoms with van der Waals surface area (Å²) in [5.41, 5.74) is 0.102. The van der Waals surface area contributed by atoms with Crippen LogP contribution in [0.5, 0.6) is 0 Å². The molecule has 0 aliphatic rings. The summed E-state index contributed by atoms with van der Waals surface area (Å²) in [5, 5.41) is 21.3. The van der Waals surface area contributed by atoms with Crippen LogP contribution in [0.25, 0.3) is 0 Å². The van der Waals surface area contributed by atoms with Crippen LogP contribution in [0.15, 0.2) is 48.5 Å². The summed E-state index contributed by atoms with van der Waals surface area (Å²) in [6.45, 7) is 0. The highest BCUT2D eigenvalue weighted by molar-refractivity contribution is 7.46. The second-order valence-corrected chi connectivity index (χ2v) is 5.87. The second-order valence-electron chi connectivity index (χ2n) is 4.67. The zero-order valence-electron chi connectivity index (χ0n) is 11.9. The number of phosphoric acid groups is 1. The summed E-state index contributed by atoms with van der Waals surface area (Å²) >= 11 is 0. The van der Waals surface area contributed by atoms with Crippen LogP contribution in [0.3, 0.4) is 0 Å². The van der Waals surface area contributed by atoms with Gasteiger partial charge in [0.1, 0.15) is 6.10 Å². The predicted octanol–water partition coefficient (Wildman–Crippen LogP) is 2.70. The summed E-state index contributed by atoms with van der Waals surface area (Å²) in [4.78, 5) is 38.2. The normalized spacial score (nSPS) is 11.5. The highest BCUT2D eigenvalue weighted by Crippen LogP contribution is 2.45. The third-order valence-corrected chi connectivity index (χ3v) is 3.54. The Morgan fingerprint density at radius 2 is 1.17 bits per heavy atom. The van der Waals surface area contributed by atoms with Crippen molar-refractivity contribution >= 4 is 19.2 Å². The zero-order valence-corrected chi connectivity index (χ0v) is 12.8. The Morgan fingerprint density at radius 1 is 0.833 bits per heavy atom. The van der Waals surface area contributed by atoms with Gasteiger partial charge >= 0.3 is 7.82 Å². The Balaban J connectivity index is 2.42. The van der Waals surface area contributed by atoms with E-state index in [1.165, 1.54) is 24.3 Å². The van der Waals surface area contributed by atoms with Crippen molar-refractivity contribution in [2.24, 2.45) is 0 Å². The Morgan fingerprint density at radius 3 is 1.42 bits per heavy atom. The molecule has 0 radical (unpaired) electrons. The highest BCUT2D eigenvalue weighted by Gasteiger charge is 2.26. The molecular weight excluding hydrogens is 343 g/mol. The molecule has 0 spiro atoms. The first-order chi connectivity index (χ1) is 11.2. The molecule has 10 nitrogen and oxygen atoms in total. The van der Waals surface area contributed by atoms with Crippen molar-refractivity contribution < 1.29 is 28.7 Å². The van der Waals surface area contributed by atoms with E-state index in [9.17, 15) is 24.8 Å². The van der Waals surface area contributed by atoms with Crippen molar-refractivity contribution in [2.75, 3.05) is 0 Å². The quantitative estimate of drug-likeness (QED) is 0.456. The fourth-order valence-electron chi connectivity index (χ4n) is 1.99. The standard InChI is InChI=1S/C13H11N2O8P/c16-14(17)11-5-1-9(2-6-11)13(23-24(20,21)22)10-3-7-12(8-4-10)15(18)19/h1-8,13H,(H2,20,21,22). The number of nitro groups is 2. The van der Waals surface area contributed by atoms with Gasteiger partial charge in [-0.25, -0.2) is 4.57 Å². The molecule has 126 valence electrons. The van der Waals surface area contributed by atoms with Crippen LogP contribution in [0, 0.1) is 20.2 Å². The average Bonchev–Trinajstić information content (AvgIpc) is 2.52. The third kappa shape index (κ3) is 4.43. The number of phosphoric ester groups is 1. The first-order valence-electron chi connectivity index (χ1n) is 6.40. The molecule has 24 heavy (non-hydrogen) atoms. The van der Waals surface area contributed by atoms with Gasteiger partial charge in [-0.3, -0.25) is 24.8 Å². The maximum atomic E-state index is 11.2. The second kappa shape index (κ2) is 6.85. The Kier molecular flexibility index (Phi) is 5.05. The van der Waals surface area contributed by atoms with Crippen molar-refractivity contribution in [1.82, 2.24) is 0 Å². The summed E-state index contributed by atoms with van der Waals surface area (Å²) in [7, 11) is -4.88. The lowest BCUT2D eigenvalue weighted by Crippen LogP contribution is -2.05. The maximum absolute atomic E-state index is 11.2. The van der Waals surface area contributed by atoms with Gasteiger partial charge in [0.2, 0.25) is 0 Å². The molecule has 0 aliphatic heterocycles. The summed E-state index contributed by atoms with van der Waals surface area (Å²) < 4.78 is 15.9. The van der Waals surface area contributed by atoms with Gasteiger partial charge in [-0.15, -0.1) is 0 Å². The molecule has 0 heterocycles. The Labute approximate surface area is 134 Å². The molecule has 0 unspecified atom stereocenters. The molecule has 0 fully saturated rings. The maximum Gasteiger partial charge on any atom is 0.470 e. The molecule has 0 saturated carbocycles. The van der Waals surface area contributed by atoms with Crippen LogP contribution < -0.4 is 0 Å². The van der Waals surface area contributed by atoms with Gasteiger partial charge in [0.25, 0.3) is 11.4 Å². The zero-order chi connectivity index (χ0) is 17.9. The molecule has 0 amide bonds. The van der Waals surface area contributed by atoms with Crippen molar-refractivity contribution in [3.05, 3.63) is 79.9 Å². The fraction of sp³-hybridized carbons (Fsp3) is 0.0769. The van der Waals surface area contributed by atoms with Crippen LogP contribution in [-0.2, 0) is 9.09 Å². The smallest absolute Gasteiger partial charge is 0.303 e. The minimum absolute atomic E-state index is 0.197. The van der Waals surface area contributed by atoms with E-state index in [1.807, 2.05) is 0 Å². The van der Waals surface area contributed by atoms with E-state index in [1.54, 1.807) is 0 Å². The van der Waals surface area contributed by atoms with E-state index < -0.39 is 23.8 Å². The monoisotopic (exact) mass is 354 g/mol. The van der Waals surface area contributed by atoms with E-state index in [0.717, 1.165) is 24.3 Å². The molecule has 2 rings (SSSR count). The van der Waals surface area contributed by atoms with E-state index in [0.29, 0.717) is 0 Å². The van der Waals surface area contributed by atoms with Crippen LogP contribution in [0.2, 0.25) is 0 Å². The molecule has 0 aromatic heterocycles. The number of nitro benzene ring substituents is 2. The van der Waals surface area contributed by atoms with Gasteiger partial charge in [-0.2, -0.15) is 0 Å². The summed E-state index contributed by atoms with van der Waals surface area (Å²) in [6.07, 6.45) is -1.24. The first kappa shape index (κ1) is 17.7. The Hall–Kier alpha value is -2.65. The van der Waals surface area contributed by atoms with Gasteiger partial charge in [0, 0.05) is 24.3 Å². The van der Waals surface area contributed by atoms with Gasteiger partial charge in [-0.1, -0.05) is 0 Å². The largest absolute Gasteiger partial charge is 0.470 e. The van der Waals surface area contributed by atoms with Crippen molar-refractivity contribution in [2.45, 2.75) is 6.10 Å². The molecule has 2 N–H and O–H groups in total. The lowest BCUT2D eigenvalue weighted by Gasteiger charge is -2.19. The highest BCUT2D eigenvalue weighted by atomic mass is 31.2. The number of hydrogen-bond acceptors (Lipinski definition) is 6. The first-order valence-corrected chi connectivity index (χ1v) is 7.93. The van der Waals surface area contributed by atoms with Crippen molar-refractivity contribution in [1.29, 1.82) is 0 Å². The SMILES string of the molecule is O=[N+]([O-])c1ccc(C(OP(=O)(O)O)c2ccc([N+](=O)[O-])cc2)cc1. The molecule has 2 aromatic rings. The van der Waals surface area contributed by atoms with Crippen molar-refractivity contribution in [3.8, 4) is 0 Å². The van der Waals surface area contributed by atoms with Crippen LogP contribution in [0.1, 0.15) is 17.2 Å². The number of nitrogens with zero attached hydrogens (tertiary/aromatic N) is 2. The number of benzene rings is 2. The van der Waals surface area contributed by atoms with Crippen LogP contribution >= 0.6 is 7.82 Å². The van der Waals surface area contributed by atoms with Gasteiger partial charge in [0.15, 0.2) is 0 Å². The van der Waals surface area contributed by atoms with E-state index in [4.69, 9.17) is 14.3 Å². The van der Waals surface area contributed by atoms with Crippen LogP contribution in [-0.4, -0.2) is 19.6 Å². The topological polar surface area (TPSA) is 153 Å². The molecule has 2 aromatic carbocycles. The molecule has 0 atom stereocenters. The lowest BCUT2D eigenvalue weighted by molar-refractivity contribution is -0.385. The van der Waals surface area contributed by atoms with E-state index in [2.05, 4.69) is 0 Å². The molecule has 0 saturated heterocycles. The molecular formula is C13H11N2O8P. The van der Waals surface area contributed by atoms with Gasteiger partial charge < -0.3 is 9.79 Å². The minimum atomic E-state index is -4.88. The number of hydrogen-bond donors (Lipinski definition) is 2.